The van der Waals surface area contributed by atoms with Crippen molar-refractivity contribution in [2.75, 3.05) is 18.5 Å². The highest BCUT2D eigenvalue weighted by molar-refractivity contribution is 7.18. The predicted octanol–water partition coefficient (Wildman–Crippen LogP) is 2.59. The zero-order valence-electron chi connectivity index (χ0n) is 15.6. The second-order valence-electron chi connectivity index (χ2n) is 5.67. The molecule has 1 atom stereocenters. The molecule has 2 aromatic rings. The van der Waals surface area contributed by atoms with E-state index in [2.05, 4.69) is 10.6 Å². The van der Waals surface area contributed by atoms with Gasteiger partial charge in [-0.25, -0.2) is 9.59 Å². The number of aryl methyl sites for hydroxylation is 1. The lowest BCUT2D eigenvalue weighted by atomic mass is 10.3. The van der Waals surface area contributed by atoms with E-state index in [1.54, 1.807) is 37.4 Å². The van der Waals surface area contributed by atoms with Crippen LogP contribution >= 0.6 is 22.7 Å². The molecule has 0 aromatic carbocycles. The van der Waals surface area contributed by atoms with Gasteiger partial charge in [0.25, 0.3) is 11.8 Å². The molecular formula is C18H20N2O6S2. The first-order valence-electron chi connectivity index (χ1n) is 8.40. The summed E-state index contributed by atoms with van der Waals surface area (Å²) in [6.45, 7) is 4.66. The van der Waals surface area contributed by atoms with Gasteiger partial charge < -0.3 is 20.1 Å². The van der Waals surface area contributed by atoms with Crippen LogP contribution in [0.2, 0.25) is 0 Å². The fourth-order valence-corrected chi connectivity index (χ4v) is 3.72. The fraction of sp³-hybridized carbons (Fsp3) is 0.333. The summed E-state index contributed by atoms with van der Waals surface area (Å²) in [5, 5.41) is 7.27. The zero-order chi connectivity index (χ0) is 20.7. The molecule has 2 heterocycles. The molecule has 150 valence electrons. The van der Waals surface area contributed by atoms with Crippen molar-refractivity contribution in [3.05, 3.63) is 38.9 Å². The quantitative estimate of drug-likeness (QED) is 0.630. The van der Waals surface area contributed by atoms with Crippen LogP contribution in [-0.2, 0) is 19.1 Å². The summed E-state index contributed by atoms with van der Waals surface area (Å²) in [4.78, 5) is 48.5. The van der Waals surface area contributed by atoms with Gasteiger partial charge >= 0.3 is 11.9 Å². The molecule has 10 heteroatoms. The van der Waals surface area contributed by atoms with Gasteiger partial charge in [0.1, 0.15) is 10.9 Å². The van der Waals surface area contributed by atoms with E-state index in [-0.39, 0.29) is 12.5 Å². The first kappa shape index (κ1) is 21.6. The smallest absolute Gasteiger partial charge is 0.348 e. The Morgan fingerprint density at radius 2 is 1.96 bits per heavy atom. The number of hydrogen-bond acceptors (Lipinski definition) is 8. The standard InChI is InChI=1S/C18H20N2O6S2/c1-4-25-18(24)15-10(2)8-14(28-15)20-13(21)9-26-17(23)11(3)19-16(22)12-6-5-7-27-12/h5-8,11H,4,9H2,1-3H3,(H,19,22)(H,20,21). The van der Waals surface area contributed by atoms with E-state index in [4.69, 9.17) is 9.47 Å². The minimum absolute atomic E-state index is 0.259. The minimum Gasteiger partial charge on any atom is -0.462 e. The van der Waals surface area contributed by atoms with Crippen LogP contribution in [0, 0.1) is 6.92 Å². The third kappa shape index (κ3) is 5.89. The number of nitrogens with one attached hydrogen (secondary N) is 2. The van der Waals surface area contributed by atoms with E-state index in [0.717, 1.165) is 11.3 Å². The van der Waals surface area contributed by atoms with E-state index in [0.29, 0.717) is 20.3 Å². The van der Waals surface area contributed by atoms with Crippen LogP contribution in [0.5, 0.6) is 0 Å². The van der Waals surface area contributed by atoms with Crippen LogP contribution in [-0.4, -0.2) is 43.0 Å². The summed E-state index contributed by atoms with van der Waals surface area (Å²) < 4.78 is 9.88. The number of rotatable bonds is 8. The molecule has 0 aliphatic heterocycles. The van der Waals surface area contributed by atoms with Crippen molar-refractivity contribution in [3.8, 4) is 0 Å². The van der Waals surface area contributed by atoms with Crippen molar-refractivity contribution in [2.24, 2.45) is 0 Å². The maximum Gasteiger partial charge on any atom is 0.348 e. The molecule has 0 aliphatic carbocycles. The molecule has 2 N–H and O–H groups in total. The van der Waals surface area contributed by atoms with Crippen LogP contribution in [0.4, 0.5) is 5.00 Å². The van der Waals surface area contributed by atoms with Crippen molar-refractivity contribution < 1.29 is 28.7 Å². The van der Waals surface area contributed by atoms with Crippen molar-refractivity contribution in [2.45, 2.75) is 26.8 Å². The molecule has 0 saturated carbocycles. The number of carbonyl (C=O) groups excluding carboxylic acids is 4. The molecule has 0 bridgehead atoms. The molecule has 2 amide bonds. The molecule has 1 unspecified atom stereocenters. The topological polar surface area (TPSA) is 111 Å². The highest BCUT2D eigenvalue weighted by Gasteiger charge is 2.20. The molecule has 0 fully saturated rings. The Bertz CT molecular complexity index is 860. The third-order valence-electron chi connectivity index (χ3n) is 3.43. The minimum atomic E-state index is -0.901. The van der Waals surface area contributed by atoms with E-state index < -0.39 is 30.5 Å². The highest BCUT2D eigenvalue weighted by atomic mass is 32.1. The molecule has 2 aromatic heterocycles. The second-order valence-corrected chi connectivity index (χ2v) is 7.67. The van der Waals surface area contributed by atoms with Gasteiger partial charge in [-0.1, -0.05) is 6.07 Å². The van der Waals surface area contributed by atoms with E-state index in [1.165, 1.54) is 18.3 Å². The van der Waals surface area contributed by atoms with E-state index >= 15 is 0 Å². The summed E-state index contributed by atoms with van der Waals surface area (Å²) in [7, 11) is 0. The van der Waals surface area contributed by atoms with Gasteiger partial charge in [0.15, 0.2) is 6.61 Å². The third-order valence-corrected chi connectivity index (χ3v) is 5.43. The summed E-state index contributed by atoms with van der Waals surface area (Å²) in [5.74, 6) is -2.12. The monoisotopic (exact) mass is 424 g/mol. The van der Waals surface area contributed by atoms with Gasteiger partial charge in [0.2, 0.25) is 0 Å². The summed E-state index contributed by atoms with van der Waals surface area (Å²) in [6.07, 6.45) is 0. The first-order valence-corrected chi connectivity index (χ1v) is 10.1. The number of ether oxygens (including phenoxy) is 2. The largest absolute Gasteiger partial charge is 0.462 e. The van der Waals surface area contributed by atoms with E-state index in [9.17, 15) is 19.2 Å². The summed E-state index contributed by atoms with van der Waals surface area (Å²) in [5.41, 5.74) is 0.681. The molecular weight excluding hydrogens is 404 g/mol. The van der Waals surface area contributed by atoms with Crippen LogP contribution in [0.3, 0.4) is 0 Å². The van der Waals surface area contributed by atoms with Crippen LogP contribution in [0.25, 0.3) is 0 Å². The number of esters is 2. The molecule has 28 heavy (non-hydrogen) atoms. The Labute approximate surface area is 169 Å². The second kappa shape index (κ2) is 10.00. The van der Waals surface area contributed by atoms with Gasteiger partial charge in [0.05, 0.1) is 16.5 Å². The Morgan fingerprint density at radius 1 is 1.21 bits per heavy atom. The van der Waals surface area contributed by atoms with Crippen molar-refractivity contribution in [1.29, 1.82) is 0 Å². The summed E-state index contributed by atoms with van der Waals surface area (Å²) in [6, 6.07) is 4.10. The lowest BCUT2D eigenvalue weighted by Crippen LogP contribution is -2.40. The lowest BCUT2D eigenvalue weighted by Gasteiger charge is -2.12. The average molecular weight is 425 g/mol. The highest BCUT2D eigenvalue weighted by Crippen LogP contribution is 2.27. The number of carbonyl (C=O) groups is 4. The van der Waals surface area contributed by atoms with Crippen molar-refractivity contribution >= 4 is 51.4 Å². The lowest BCUT2D eigenvalue weighted by molar-refractivity contribution is -0.148. The Hall–Kier alpha value is -2.72. The number of amides is 2. The van der Waals surface area contributed by atoms with Gasteiger partial charge in [0, 0.05) is 0 Å². The molecule has 0 saturated heterocycles. The molecule has 2 rings (SSSR count). The molecule has 0 aliphatic rings. The normalized spacial score (nSPS) is 11.4. The predicted molar refractivity (Wildman–Crippen MR) is 106 cm³/mol. The number of anilines is 1. The molecule has 0 spiro atoms. The van der Waals surface area contributed by atoms with Crippen molar-refractivity contribution in [1.82, 2.24) is 5.32 Å². The molecule has 0 radical (unpaired) electrons. The first-order chi connectivity index (χ1) is 13.3. The zero-order valence-corrected chi connectivity index (χ0v) is 17.2. The number of thiophene rings is 2. The Balaban J connectivity index is 1.81. The van der Waals surface area contributed by atoms with Crippen molar-refractivity contribution in [3.63, 3.8) is 0 Å². The fourth-order valence-electron chi connectivity index (χ4n) is 2.11. The SMILES string of the molecule is CCOC(=O)c1sc(NC(=O)COC(=O)C(C)NC(=O)c2cccs2)cc1C. The number of hydrogen-bond donors (Lipinski definition) is 2. The maximum absolute atomic E-state index is 12.0. The van der Waals surface area contributed by atoms with Crippen LogP contribution in [0.15, 0.2) is 23.6 Å². The molecule has 8 nitrogen and oxygen atoms in total. The summed E-state index contributed by atoms with van der Waals surface area (Å²) >= 11 is 2.33. The van der Waals surface area contributed by atoms with Crippen LogP contribution in [0.1, 0.15) is 38.8 Å². The van der Waals surface area contributed by atoms with Gasteiger partial charge in [-0.15, -0.1) is 22.7 Å². The van der Waals surface area contributed by atoms with Gasteiger partial charge in [-0.2, -0.15) is 0 Å². The Kier molecular flexibility index (Phi) is 7.70. The van der Waals surface area contributed by atoms with E-state index in [1.807, 2.05) is 0 Å². The maximum atomic E-state index is 12.0. The van der Waals surface area contributed by atoms with Gasteiger partial charge in [-0.05, 0) is 43.8 Å². The van der Waals surface area contributed by atoms with Gasteiger partial charge in [-0.3, -0.25) is 9.59 Å². The Morgan fingerprint density at radius 3 is 2.61 bits per heavy atom. The average Bonchev–Trinajstić information content (AvgIpc) is 3.29. The van der Waals surface area contributed by atoms with Crippen LogP contribution < -0.4 is 10.6 Å².